The third-order valence-corrected chi connectivity index (χ3v) is 8.00. The molecule has 0 unspecified atom stereocenters. The molecule has 204 valence electrons. The molecule has 0 radical (unpaired) electrons. The van der Waals surface area contributed by atoms with Crippen molar-refractivity contribution in [1.82, 2.24) is 0 Å². The van der Waals surface area contributed by atoms with Crippen molar-refractivity contribution in [3.8, 4) is 0 Å². The molecule has 0 fully saturated rings. The Kier molecular flexibility index (Phi) is 6.12. The molecule has 0 amide bonds. The zero-order valence-corrected chi connectivity index (χ0v) is 23.5. The first kappa shape index (κ1) is 25.0. The average Bonchev–Trinajstić information content (AvgIpc) is 3.47. The number of para-hydroxylation sites is 4. The fourth-order valence-electron chi connectivity index (χ4n) is 6.15. The zero-order chi connectivity index (χ0) is 28.6. The lowest BCUT2D eigenvalue weighted by Crippen LogP contribution is -2.17. The van der Waals surface area contributed by atoms with Gasteiger partial charge in [-0.05, 0) is 77.5 Å². The summed E-state index contributed by atoms with van der Waals surface area (Å²) in [4.78, 5) is 4.71. The molecule has 0 saturated heterocycles. The van der Waals surface area contributed by atoms with E-state index >= 15 is 0 Å². The predicted octanol–water partition coefficient (Wildman–Crippen LogP) is 11.7. The highest BCUT2D eigenvalue weighted by atomic mass is 16.3. The van der Waals surface area contributed by atoms with Gasteiger partial charge in [0.15, 0.2) is 0 Å². The molecule has 0 aliphatic heterocycles. The van der Waals surface area contributed by atoms with Crippen LogP contribution >= 0.6 is 0 Å². The average molecular weight is 553 g/mol. The van der Waals surface area contributed by atoms with Crippen molar-refractivity contribution in [2.24, 2.45) is 0 Å². The van der Waals surface area contributed by atoms with E-state index in [1.54, 1.807) is 0 Å². The number of hydrogen-bond donors (Lipinski definition) is 0. The maximum Gasteiger partial charge on any atom is 0.137 e. The van der Waals surface area contributed by atoms with Crippen molar-refractivity contribution in [2.75, 3.05) is 9.80 Å². The van der Waals surface area contributed by atoms with Crippen LogP contribution in [-0.4, -0.2) is 0 Å². The maximum atomic E-state index is 6.62. The number of anilines is 6. The summed E-state index contributed by atoms with van der Waals surface area (Å²) in [5.41, 5.74) is 8.12. The van der Waals surface area contributed by atoms with Crippen LogP contribution in [0.5, 0.6) is 0 Å². The molecule has 0 N–H and O–H groups in total. The molecule has 0 spiro atoms. The Balaban J connectivity index is 1.57. The van der Waals surface area contributed by atoms with Crippen molar-refractivity contribution >= 4 is 66.8 Å². The Morgan fingerprint density at radius 1 is 0.349 bits per heavy atom. The largest absolute Gasteiger partial charge is 0.456 e. The van der Waals surface area contributed by atoms with E-state index in [1.807, 2.05) is 0 Å². The summed E-state index contributed by atoms with van der Waals surface area (Å²) in [6.45, 7) is 0. The van der Waals surface area contributed by atoms with Gasteiger partial charge >= 0.3 is 0 Å². The van der Waals surface area contributed by atoms with Gasteiger partial charge in [-0.3, -0.25) is 0 Å². The zero-order valence-electron chi connectivity index (χ0n) is 23.5. The minimum Gasteiger partial charge on any atom is -0.456 e. The number of benzene rings is 7. The van der Waals surface area contributed by atoms with E-state index in [0.29, 0.717) is 0 Å². The summed E-state index contributed by atoms with van der Waals surface area (Å²) in [5, 5.41) is 4.55. The van der Waals surface area contributed by atoms with Gasteiger partial charge in [0, 0.05) is 28.1 Å². The van der Waals surface area contributed by atoms with Gasteiger partial charge in [0.2, 0.25) is 0 Å². The van der Waals surface area contributed by atoms with Crippen molar-refractivity contribution in [3.63, 3.8) is 0 Å². The fraction of sp³-hybridized carbons (Fsp3) is 0. The Morgan fingerprint density at radius 2 is 0.791 bits per heavy atom. The molecule has 43 heavy (non-hydrogen) atoms. The Morgan fingerprint density at radius 3 is 1.35 bits per heavy atom. The van der Waals surface area contributed by atoms with Crippen LogP contribution in [0.1, 0.15) is 0 Å². The third kappa shape index (κ3) is 4.30. The minimum atomic E-state index is 0.850. The number of hydrogen-bond acceptors (Lipinski definition) is 3. The SMILES string of the molecule is c1ccc(N(c2ccccc2)c2ccc3oc4ccc5ccccc5c4c3c2N(c2ccccc2)c2ccccc2)cc1. The van der Waals surface area contributed by atoms with Crippen molar-refractivity contribution in [1.29, 1.82) is 0 Å². The van der Waals surface area contributed by atoms with Crippen molar-refractivity contribution in [3.05, 3.63) is 170 Å². The van der Waals surface area contributed by atoms with E-state index in [1.165, 1.54) is 10.8 Å². The van der Waals surface area contributed by atoms with Crippen LogP contribution in [0.15, 0.2) is 174 Å². The second-order valence-electron chi connectivity index (χ2n) is 10.6. The number of nitrogens with zero attached hydrogens (tertiary/aromatic N) is 2. The first-order chi connectivity index (χ1) is 21.4. The van der Waals surface area contributed by atoms with E-state index in [4.69, 9.17) is 4.42 Å². The molecule has 3 nitrogen and oxygen atoms in total. The molecule has 0 bridgehead atoms. The van der Waals surface area contributed by atoms with Gasteiger partial charge in [-0.15, -0.1) is 0 Å². The van der Waals surface area contributed by atoms with Crippen LogP contribution < -0.4 is 9.80 Å². The van der Waals surface area contributed by atoms with Gasteiger partial charge in [-0.1, -0.05) is 103 Å². The van der Waals surface area contributed by atoms with Crippen LogP contribution in [0.25, 0.3) is 32.7 Å². The lowest BCUT2D eigenvalue weighted by Gasteiger charge is -2.33. The fourth-order valence-corrected chi connectivity index (χ4v) is 6.15. The van der Waals surface area contributed by atoms with Gasteiger partial charge in [-0.2, -0.15) is 0 Å². The molecule has 0 aliphatic rings. The van der Waals surface area contributed by atoms with Gasteiger partial charge in [0.05, 0.1) is 16.8 Å². The topological polar surface area (TPSA) is 19.6 Å². The van der Waals surface area contributed by atoms with E-state index < -0.39 is 0 Å². The highest BCUT2D eigenvalue weighted by molar-refractivity contribution is 6.25. The van der Waals surface area contributed by atoms with Crippen LogP contribution in [0.3, 0.4) is 0 Å². The van der Waals surface area contributed by atoms with Crippen LogP contribution in [-0.2, 0) is 0 Å². The van der Waals surface area contributed by atoms with Crippen molar-refractivity contribution in [2.45, 2.75) is 0 Å². The summed E-state index contributed by atoms with van der Waals surface area (Å²) >= 11 is 0. The summed E-state index contributed by atoms with van der Waals surface area (Å²) in [6.07, 6.45) is 0. The first-order valence-electron chi connectivity index (χ1n) is 14.5. The summed E-state index contributed by atoms with van der Waals surface area (Å²) in [6, 6.07) is 59.5. The molecule has 0 atom stereocenters. The van der Waals surface area contributed by atoms with Crippen molar-refractivity contribution < 1.29 is 4.42 Å². The normalized spacial score (nSPS) is 11.3. The second kappa shape index (κ2) is 10.6. The molecule has 0 aliphatic carbocycles. The van der Waals surface area contributed by atoms with Gasteiger partial charge < -0.3 is 14.2 Å². The van der Waals surface area contributed by atoms with Gasteiger partial charge in [-0.25, -0.2) is 0 Å². The Bertz CT molecular complexity index is 2090. The smallest absolute Gasteiger partial charge is 0.137 e. The Labute approximate surface area is 250 Å². The number of fused-ring (bicyclic) bond motifs is 5. The van der Waals surface area contributed by atoms with Gasteiger partial charge in [0.1, 0.15) is 11.2 Å². The highest BCUT2D eigenvalue weighted by Crippen LogP contribution is 2.52. The van der Waals surface area contributed by atoms with E-state index in [-0.39, 0.29) is 0 Å². The summed E-state index contributed by atoms with van der Waals surface area (Å²) in [7, 11) is 0. The third-order valence-electron chi connectivity index (χ3n) is 8.00. The molecular weight excluding hydrogens is 524 g/mol. The van der Waals surface area contributed by atoms with E-state index in [0.717, 1.165) is 56.1 Å². The Hall–Kier alpha value is -5.80. The molecule has 1 aromatic heterocycles. The monoisotopic (exact) mass is 552 g/mol. The van der Waals surface area contributed by atoms with E-state index in [9.17, 15) is 0 Å². The minimum absolute atomic E-state index is 0.850. The van der Waals surface area contributed by atoms with Crippen LogP contribution in [0, 0.1) is 0 Å². The van der Waals surface area contributed by atoms with Gasteiger partial charge in [0.25, 0.3) is 0 Å². The standard InChI is InChI=1S/C40H28N2O/c1-5-16-30(17-6-1)41(31-18-7-2-8-19-31)35-26-28-37-39(38-34-24-14-13-15-29(34)25-27-36(38)43-37)40(35)42(32-20-9-3-10-21-32)33-22-11-4-12-23-33/h1-28H. The molecule has 1 heterocycles. The molecule has 3 heteroatoms. The molecule has 0 saturated carbocycles. The number of rotatable bonds is 6. The quantitative estimate of drug-likeness (QED) is 0.205. The second-order valence-corrected chi connectivity index (χ2v) is 10.6. The summed E-state index contributed by atoms with van der Waals surface area (Å²) in [5.74, 6) is 0. The van der Waals surface area contributed by atoms with E-state index in [2.05, 4.69) is 180 Å². The lowest BCUT2D eigenvalue weighted by molar-refractivity contribution is 0.669. The highest BCUT2D eigenvalue weighted by Gasteiger charge is 2.27. The predicted molar refractivity (Wildman–Crippen MR) is 181 cm³/mol. The molecule has 8 rings (SSSR count). The maximum absolute atomic E-state index is 6.62. The molecule has 7 aromatic carbocycles. The lowest BCUT2D eigenvalue weighted by atomic mass is 10.00. The first-order valence-corrected chi connectivity index (χ1v) is 14.5. The van der Waals surface area contributed by atoms with Crippen LogP contribution in [0.4, 0.5) is 34.1 Å². The number of furan rings is 1. The molecular formula is C40H28N2O. The van der Waals surface area contributed by atoms with Crippen LogP contribution in [0.2, 0.25) is 0 Å². The summed E-state index contributed by atoms with van der Waals surface area (Å²) < 4.78 is 6.62. The molecule has 8 aromatic rings.